The predicted octanol–water partition coefficient (Wildman–Crippen LogP) is 4.89. The zero-order valence-electron chi connectivity index (χ0n) is 10.9. The molecule has 100 valence electrons. The molecular formula is C18H15BrFe+2. The first kappa shape index (κ1) is 18.0. The van der Waals surface area contributed by atoms with Gasteiger partial charge >= 0.3 is 17.1 Å². The van der Waals surface area contributed by atoms with Gasteiger partial charge in [0.15, 0.2) is 0 Å². The van der Waals surface area contributed by atoms with Crippen LogP contribution in [0.1, 0.15) is 5.56 Å². The molecule has 0 N–H and O–H groups in total. The van der Waals surface area contributed by atoms with Gasteiger partial charge in [-0.2, -0.15) is 0 Å². The Morgan fingerprint density at radius 2 is 1.15 bits per heavy atom. The van der Waals surface area contributed by atoms with E-state index in [-0.39, 0.29) is 17.1 Å². The number of hydrogen-bond donors (Lipinski definition) is 0. The molecule has 10 radical (unpaired) electrons. The number of allylic oxidation sites excluding steroid dienone is 1. The van der Waals surface area contributed by atoms with Gasteiger partial charge in [0.25, 0.3) is 0 Å². The fourth-order valence-electron chi connectivity index (χ4n) is 1.59. The molecule has 3 rings (SSSR count). The second-order valence-corrected chi connectivity index (χ2v) is 4.98. The van der Waals surface area contributed by atoms with Crippen molar-refractivity contribution in [1.82, 2.24) is 0 Å². The molecule has 0 unspecified atom stereocenters. The Balaban J connectivity index is 0.000000283. The molecule has 0 atom stereocenters. The predicted molar refractivity (Wildman–Crippen MR) is 85.1 cm³/mol. The fraction of sp³-hybridized carbons (Fsp3) is 0. The fourth-order valence-corrected chi connectivity index (χ4v) is 1.85. The maximum absolute atomic E-state index is 3.41. The summed E-state index contributed by atoms with van der Waals surface area (Å²) in [6.45, 7) is 0. The third kappa shape index (κ3) is 7.11. The average Bonchev–Trinajstić information content (AvgIpc) is 3.14. The standard InChI is InChI=1S/C13H10Br.C5H5.Fe/c14-13-9-7-12(8-10-13)6-5-11-3-1-2-4-11;1-2-4-5-3-1;/h1-10H;1-5H;/q;;+2/b6-5+;;. The topological polar surface area (TPSA) is 0 Å². The van der Waals surface area contributed by atoms with Crippen LogP contribution in [0, 0.1) is 63.7 Å². The van der Waals surface area contributed by atoms with Gasteiger partial charge in [0.2, 0.25) is 0 Å². The summed E-state index contributed by atoms with van der Waals surface area (Å²) in [5, 5.41) is 0. The third-order valence-electron chi connectivity index (χ3n) is 2.58. The molecule has 0 aliphatic heterocycles. The van der Waals surface area contributed by atoms with E-state index in [0.717, 1.165) is 4.47 Å². The number of hydrogen-bond acceptors (Lipinski definition) is 0. The van der Waals surface area contributed by atoms with Crippen LogP contribution >= 0.6 is 15.9 Å². The van der Waals surface area contributed by atoms with Gasteiger partial charge in [-0.3, -0.25) is 0 Å². The molecule has 2 aliphatic carbocycles. The molecule has 0 aromatic heterocycles. The smallest absolute Gasteiger partial charge is 0.0762 e. The first-order valence-corrected chi connectivity index (χ1v) is 6.96. The summed E-state index contributed by atoms with van der Waals surface area (Å²) < 4.78 is 1.11. The number of rotatable bonds is 2. The summed E-state index contributed by atoms with van der Waals surface area (Å²) in [6.07, 6.45) is 22.5. The van der Waals surface area contributed by atoms with Crippen molar-refractivity contribution < 1.29 is 17.1 Å². The first-order valence-electron chi connectivity index (χ1n) is 6.17. The van der Waals surface area contributed by atoms with Crippen LogP contribution in [0.2, 0.25) is 0 Å². The monoisotopic (exact) mass is 366 g/mol. The molecule has 1 aromatic rings. The van der Waals surface area contributed by atoms with Gasteiger partial charge in [-0.05, 0) is 75.5 Å². The Morgan fingerprint density at radius 1 is 0.650 bits per heavy atom. The van der Waals surface area contributed by atoms with Crippen molar-refractivity contribution in [2.75, 3.05) is 0 Å². The van der Waals surface area contributed by atoms with Crippen molar-refractivity contribution in [3.8, 4) is 0 Å². The van der Waals surface area contributed by atoms with E-state index in [0.29, 0.717) is 0 Å². The van der Waals surface area contributed by atoms with Gasteiger partial charge in [-0.25, -0.2) is 0 Å². The van der Waals surface area contributed by atoms with Crippen molar-refractivity contribution in [3.63, 3.8) is 0 Å². The van der Waals surface area contributed by atoms with Crippen LogP contribution in [0.15, 0.2) is 34.8 Å². The van der Waals surface area contributed by atoms with Crippen molar-refractivity contribution in [2.45, 2.75) is 0 Å². The number of benzene rings is 1. The molecule has 20 heavy (non-hydrogen) atoms. The van der Waals surface area contributed by atoms with E-state index in [1.165, 1.54) is 11.5 Å². The van der Waals surface area contributed by atoms with Crippen LogP contribution in [0.5, 0.6) is 0 Å². The van der Waals surface area contributed by atoms with Gasteiger partial charge in [0, 0.05) is 10.4 Å². The van der Waals surface area contributed by atoms with Gasteiger partial charge in [-0.15, -0.1) is 0 Å². The van der Waals surface area contributed by atoms with E-state index in [1.54, 1.807) is 0 Å². The molecule has 2 heteroatoms. The Bertz CT molecular complexity index is 365. The molecule has 0 nitrogen and oxygen atoms in total. The van der Waals surface area contributed by atoms with E-state index in [2.05, 4.69) is 53.1 Å². The van der Waals surface area contributed by atoms with Crippen LogP contribution in [0.25, 0.3) is 6.08 Å². The largest absolute Gasteiger partial charge is 2.00 e. The van der Waals surface area contributed by atoms with Crippen LogP contribution in [-0.4, -0.2) is 0 Å². The van der Waals surface area contributed by atoms with Crippen molar-refractivity contribution in [1.29, 1.82) is 0 Å². The maximum atomic E-state index is 3.41. The van der Waals surface area contributed by atoms with Crippen LogP contribution < -0.4 is 0 Å². The summed E-state index contributed by atoms with van der Waals surface area (Å²) in [5.41, 5.74) is 1.22. The van der Waals surface area contributed by atoms with Gasteiger partial charge in [-0.1, -0.05) is 40.2 Å². The second-order valence-electron chi connectivity index (χ2n) is 4.07. The molecule has 2 aliphatic rings. The van der Waals surface area contributed by atoms with E-state index in [4.69, 9.17) is 0 Å². The van der Waals surface area contributed by atoms with Gasteiger partial charge < -0.3 is 0 Å². The summed E-state index contributed by atoms with van der Waals surface area (Å²) >= 11 is 3.41. The normalized spacial score (nSPS) is 18.6. The summed E-state index contributed by atoms with van der Waals surface area (Å²) in [6, 6.07) is 8.27. The third-order valence-corrected chi connectivity index (χ3v) is 3.11. The van der Waals surface area contributed by atoms with E-state index >= 15 is 0 Å². The minimum absolute atomic E-state index is 0. The first-order chi connectivity index (χ1) is 9.34. The Labute approximate surface area is 143 Å². The van der Waals surface area contributed by atoms with Crippen molar-refractivity contribution in [3.05, 3.63) is 104 Å². The zero-order valence-corrected chi connectivity index (χ0v) is 13.6. The van der Waals surface area contributed by atoms with E-state index in [9.17, 15) is 0 Å². The summed E-state index contributed by atoms with van der Waals surface area (Å²) in [7, 11) is 0. The molecule has 1 aromatic carbocycles. The Hall–Kier alpha value is -0.0405. The van der Waals surface area contributed by atoms with Crippen molar-refractivity contribution in [2.24, 2.45) is 0 Å². The van der Waals surface area contributed by atoms with Gasteiger partial charge in [0.1, 0.15) is 0 Å². The maximum Gasteiger partial charge on any atom is 2.00 e. The molecular weight excluding hydrogens is 352 g/mol. The van der Waals surface area contributed by atoms with Gasteiger partial charge in [0.05, 0.1) is 0 Å². The summed E-state index contributed by atoms with van der Waals surface area (Å²) in [4.78, 5) is 0. The van der Waals surface area contributed by atoms with Crippen LogP contribution in [-0.2, 0) is 17.1 Å². The molecule has 2 fully saturated rings. The molecule has 0 amide bonds. The molecule has 2 saturated carbocycles. The second kappa shape index (κ2) is 10.7. The number of halogens is 1. The van der Waals surface area contributed by atoms with Crippen molar-refractivity contribution >= 4 is 22.0 Å². The molecule has 0 bridgehead atoms. The van der Waals surface area contributed by atoms with Crippen LogP contribution in [0.3, 0.4) is 0 Å². The summed E-state index contributed by atoms with van der Waals surface area (Å²) in [5.74, 6) is 1.24. The van der Waals surface area contributed by atoms with Crippen LogP contribution in [0.4, 0.5) is 0 Å². The molecule has 0 spiro atoms. The Morgan fingerprint density at radius 3 is 1.65 bits per heavy atom. The average molecular weight is 367 g/mol. The SMILES string of the molecule is Brc1ccc(/C=C/[C]2[CH][CH][CH][CH]2)cc1.[CH]1[CH][CH][CH][CH]1.[Fe+2]. The zero-order chi connectivity index (χ0) is 13.3. The molecule has 0 heterocycles. The quantitative estimate of drug-likeness (QED) is 0.654. The Kier molecular flexibility index (Phi) is 9.59. The van der Waals surface area contributed by atoms with E-state index in [1.807, 2.05) is 57.1 Å². The molecule has 0 saturated heterocycles. The van der Waals surface area contributed by atoms with E-state index < -0.39 is 0 Å². The minimum Gasteiger partial charge on any atom is -0.0762 e. The minimum atomic E-state index is 0.